The van der Waals surface area contributed by atoms with Gasteiger partial charge in [0.2, 0.25) is 17.0 Å². The van der Waals surface area contributed by atoms with Gasteiger partial charge in [0.15, 0.2) is 0 Å². The van der Waals surface area contributed by atoms with Crippen LogP contribution in [0, 0.1) is 10.1 Å². The molecule has 0 bridgehead atoms. The second-order valence-electron chi connectivity index (χ2n) is 6.50. The molecule has 1 heterocycles. The normalized spacial score (nSPS) is 10.7. The summed E-state index contributed by atoms with van der Waals surface area (Å²) < 4.78 is 1.13. The summed E-state index contributed by atoms with van der Waals surface area (Å²) in [5, 5.41) is 28.2. The SMILES string of the molecule is CC(=O)Nc1cccc(NC(=O)CSc2nnc(N/N=C/c3cccc([N+](=O)[O-])c3)n2N)c1. The molecule has 2 aromatic carbocycles. The monoisotopic (exact) mass is 469 g/mol. The molecule has 5 N–H and O–H groups in total. The molecule has 0 aliphatic carbocycles. The summed E-state index contributed by atoms with van der Waals surface area (Å²) in [6.07, 6.45) is 1.37. The number of nitrogens with zero attached hydrogens (tertiary/aromatic N) is 5. The van der Waals surface area contributed by atoms with Gasteiger partial charge in [-0.3, -0.25) is 19.7 Å². The van der Waals surface area contributed by atoms with Gasteiger partial charge in [-0.2, -0.15) is 5.10 Å². The van der Waals surface area contributed by atoms with Crippen molar-refractivity contribution in [1.82, 2.24) is 14.9 Å². The Morgan fingerprint density at radius 3 is 2.64 bits per heavy atom. The van der Waals surface area contributed by atoms with Crippen LogP contribution in [0.4, 0.5) is 23.0 Å². The predicted molar refractivity (Wildman–Crippen MR) is 125 cm³/mol. The first-order valence-corrected chi connectivity index (χ1v) is 10.3. The van der Waals surface area contributed by atoms with Gasteiger partial charge in [0, 0.05) is 36.0 Å². The van der Waals surface area contributed by atoms with Crippen molar-refractivity contribution in [3.05, 3.63) is 64.2 Å². The average molecular weight is 469 g/mol. The van der Waals surface area contributed by atoms with Crippen LogP contribution in [-0.2, 0) is 9.59 Å². The number of hydrogen-bond acceptors (Lipinski definition) is 10. The van der Waals surface area contributed by atoms with Crippen molar-refractivity contribution in [1.29, 1.82) is 0 Å². The number of carbonyl (C=O) groups is 2. The molecule has 0 saturated carbocycles. The number of amides is 2. The summed E-state index contributed by atoms with van der Waals surface area (Å²) >= 11 is 1.06. The van der Waals surface area contributed by atoms with E-state index in [2.05, 4.69) is 31.4 Å². The van der Waals surface area contributed by atoms with Crippen LogP contribution in [0.5, 0.6) is 0 Å². The smallest absolute Gasteiger partial charge is 0.270 e. The van der Waals surface area contributed by atoms with E-state index < -0.39 is 4.92 Å². The van der Waals surface area contributed by atoms with Gasteiger partial charge in [0.25, 0.3) is 11.6 Å². The molecule has 0 unspecified atom stereocenters. The molecule has 0 saturated heterocycles. The van der Waals surface area contributed by atoms with Crippen LogP contribution in [0.3, 0.4) is 0 Å². The lowest BCUT2D eigenvalue weighted by molar-refractivity contribution is -0.384. The molecule has 33 heavy (non-hydrogen) atoms. The lowest BCUT2D eigenvalue weighted by atomic mass is 10.2. The second kappa shape index (κ2) is 10.7. The van der Waals surface area contributed by atoms with Crippen LogP contribution >= 0.6 is 11.8 Å². The summed E-state index contributed by atoms with van der Waals surface area (Å²) in [6, 6.07) is 12.7. The molecular weight excluding hydrogens is 450 g/mol. The van der Waals surface area contributed by atoms with Crippen molar-refractivity contribution < 1.29 is 14.5 Å². The molecule has 0 aliphatic heterocycles. The number of nitro groups is 1. The zero-order chi connectivity index (χ0) is 23.8. The maximum absolute atomic E-state index is 12.2. The van der Waals surface area contributed by atoms with Gasteiger partial charge < -0.3 is 16.5 Å². The predicted octanol–water partition coefficient (Wildman–Crippen LogP) is 2.04. The number of hydrazone groups is 1. The Kier molecular flexibility index (Phi) is 7.54. The van der Waals surface area contributed by atoms with E-state index in [9.17, 15) is 19.7 Å². The van der Waals surface area contributed by atoms with Crippen molar-refractivity contribution in [3.63, 3.8) is 0 Å². The molecule has 0 aliphatic rings. The molecule has 13 nitrogen and oxygen atoms in total. The molecule has 3 rings (SSSR count). The van der Waals surface area contributed by atoms with E-state index in [0.29, 0.717) is 16.9 Å². The first kappa shape index (κ1) is 23.2. The Morgan fingerprint density at radius 1 is 1.18 bits per heavy atom. The third-order valence-electron chi connectivity index (χ3n) is 3.92. The fourth-order valence-corrected chi connectivity index (χ4v) is 3.20. The number of anilines is 3. The van der Waals surface area contributed by atoms with E-state index in [1.54, 1.807) is 36.4 Å². The fourth-order valence-electron chi connectivity index (χ4n) is 2.54. The molecule has 0 radical (unpaired) electrons. The van der Waals surface area contributed by atoms with E-state index in [-0.39, 0.29) is 34.4 Å². The van der Waals surface area contributed by atoms with Crippen LogP contribution in [0.1, 0.15) is 12.5 Å². The average Bonchev–Trinajstić information content (AvgIpc) is 3.12. The topological polar surface area (TPSA) is 182 Å². The Labute approximate surface area is 191 Å². The minimum absolute atomic E-state index is 0.0106. The third kappa shape index (κ3) is 6.76. The molecule has 14 heteroatoms. The van der Waals surface area contributed by atoms with Crippen molar-refractivity contribution in [3.8, 4) is 0 Å². The fraction of sp³-hybridized carbons (Fsp3) is 0.105. The minimum Gasteiger partial charge on any atom is -0.334 e. The molecule has 2 amide bonds. The number of carbonyl (C=O) groups excluding carboxylic acids is 2. The summed E-state index contributed by atoms with van der Waals surface area (Å²) in [7, 11) is 0. The van der Waals surface area contributed by atoms with Gasteiger partial charge in [-0.25, -0.2) is 10.1 Å². The van der Waals surface area contributed by atoms with Crippen LogP contribution in [0.2, 0.25) is 0 Å². The van der Waals surface area contributed by atoms with Gasteiger partial charge in [0.05, 0.1) is 16.9 Å². The van der Waals surface area contributed by atoms with E-state index in [0.717, 1.165) is 16.4 Å². The highest BCUT2D eigenvalue weighted by Gasteiger charge is 2.12. The molecule has 1 aromatic heterocycles. The summed E-state index contributed by atoms with van der Waals surface area (Å²) in [6.45, 7) is 1.40. The van der Waals surface area contributed by atoms with Gasteiger partial charge in [0.1, 0.15) is 0 Å². The summed E-state index contributed by atoms with van der Waals surface area (Å²) in [4.78, 5) is 33.7. The zero-order valence-corrected chi connectivity index (χ0v) is 18.1. The van der Waals surface area contributed by atoms with Gasteiger partial charge >= 0.3 is 0 Å². The maximum Gasteiger partial charge on any atom is 0.270 e. The van der Waals surface area contributed by atoms with E-state index in [4.69, 9.17) is 5.84 Å². The molecular formula is C19H19N9O4S. The first-order valence-electron chi connectivity index (χ1n) is 9.36. The van der Waals surface area contributed by atoms with Crippen molar-refractivity contribution in [2.24, 2.45) is 5.10 Å². The summed E-state index contributed by atoms with van der Waals surface area (Å²) in [5.41, 5.74) is 4.14. The number of nitrogens with one attached hydrogen (secondary N) is 3. The van der Waals surface area contributed by atoms with Crippen LogP contribution in [0.15, 0.2) is 58.8 Å². The summed E-state index contributed by atoms with van der Waals surface area (Å²) in [5.74, 6) is 5.53. The Bertz CT molecular complexity index is 1210. The highest BCUT2D eigenvalue weighted by molar-refractivity contribution is 7.99. The van der Waals surface area contributed by atoms with Crippen molar-refractivity contribution in [2.45, 2.75) is 12.1 Å². The number of nitro benzene ring substituents is 1. The van der Waals surface area contributed by atoms with E-state index in [1.165, 1.54) is 25.3 Å². The number of hydrogen-bond donors (Lipinski definition) is 4. The number of thioether (sulfide) groups is 1. The van der Waals surface area contributed by atoms with Gasteiger partial charge in [-0.1, -0.05) is 30.0 Å². The highest BCUT2D eigenvalue weighted by Crippen LogP contribution is 2.19. The number of aromatic nitrogens is 3. The molecule has 0 fully saturated rings. The number of nitrogens with two attached hydrogens (primary N) is 1. The van der Waals surface area contributed by atoms with Gasteiger partial charge in [-0.15, -0.1) is 10.2 Å². The van der Waals surface area contributed by atoms with Crippen LogP contribution in [-0.4, -0.2) is 43.6 Å². The number of benzene rings is 2. The first-order chi connectivity index (χ1) is 15.8. The third-order valence-corrected chi connectivity index (χ3v) is 4.87. The number of nitrogen functional groups attached to an aromatic ring is 1. The minimum atomic E-state index is -0.499. The maximum atomic E-state index is 12.2. The highest BCUT2D eigenvalue weighted by atomic mass is 32.2. The second-order valence-corrected chi connectivity index (χ2v) is 7.44. The standard InChI is InChI=1S/C19H19N9O4S/c1-12(29)22-14-5-3-6-15(9-14)23-17(30)11-33-19-26-25-18(27(19)20)24-21-10-13-4-2-7-16(8-13)28(31)32/h2-10H,11,20H2,1H3,(H,22,29)(H,23,30)(H,24,25)/b21-10+. The Morgan fingerprint density at radius 2 is 1.91 bits per heavy atom. The quantitative estimate of drug-likeness (QED) is 0.120. The molecule has 3 aromatic rings. The largest absolute Gasteiger partial charge is 0.334 e. The lowest BCUT2D eigenvalue weighted by Crippen LogP contribution is -2.17. The van der Waals surface area contributed by atoms with Crippen molar-refractivity contribution >= 4 is 52.8 Å². The Hall–Kier alpha value is -4.46. The number of rotatable bonds is 9. The van der Waals surface area contributed by atoms with E-state index >= 15 is 0 Å². The molecule has 0 spiro atoms. The molecule has 170 valence electrons. The van der Waals surface area contributed by atoms with Crippen molar-refractivity contribution in [2.75, 3.05) is 27.7 Å². The van der Waals surface area contributed by atoms with E-state index in [1.807, 2.05) is 0 Å². The number of non-ortho nitro benzene ring substituents is 1. The molecule has 0 atom stereocenters. The lowest BCUT2D eigenvalue weighted by Gasteiger charge is -2.07. The van der Waals surface area contributed by atoms with Crippen LogP contribution < -0.4 is 21.9 Å². The van der Waals surface area contributed by atoms with Gasteiger partial charge in [-0.05, 0) is 18.2 Å². The Balaban J connectivity index is 1.53. The van der Waals surface area contributed by atoms with Crippen LogP contribution in [0.25, 0.3) is 0 Å². The zero-order valence-electron chi connectivity index (χ0n) is 17.3.